The highest BCUT2D eigenvalue weighted by Gasteiger charge is 2.23. The fourth-order valence-corrected chi connectivity index (χ4v) is 4.01. The number of benzene rings is 1. The number of carbonyl (C=O) groups is 2. The molecule has 2 aromatic heterocycles. The molecule has 3 aromatic rings. The molecular weight excluding hydrogens is 370 g/mol. The van der Waals surface area contributed by atoms with Crippen molar-refractivity contribution in [3.63, 3.8) is 0 Å². The van der Waals surface area contributed by atoms with Crippen LogP contribution >= 0.6 is 22.7 Å². The number of nitrogens with one attached hydrogen (secondary N) is 1. The quantitative estimate of drug-likeness (QED) is 0.610. The number of methoxy groups -OCH3 is 1. The zero-order valence-electron chi connectivity index (χ0n) is 14.3. The van der Waals surface area contributed by atoms with Gasteiger partial charge in [0.1, 0.15) is 16.3 Å². The molecule has 0 aliphatic carbocycles. The van der Waals surface area contributed by atoms with Gasteiger partial charge in [0.2, 0.25) is 0 Å². The van der Waals surface area contributed by atoms with Gasteiger partial charge in [-0.15, -0.1) is 22.7 Å². The van der Waals surface area contributed by atoms with Crippen molar-refractivity contribution in [2.24, 2.45) is 0 Å². The number of hydrogen-bond acceptors (Lipinski definition) is 6. The molecule has 3 rings (SSSR count). The first-order chi connectivity index (χ1) is 12.6. The van der Waals surface area contributed by atoms with Crippen LogP contribution in [0.1, 0.15) is 27.0 Å². The first kappa shape index (κ1) is 18.2. The predicted molar refractivity (Wildman–Crippen MR) is 105 cm³/mol. The van der Waals surface area contributed by atoms with Crippen molar-refractivity contribution in [1.82, 2.24) is 0 Å². The smallest absolute Gasteiger partial charge is 0.341 e. The Morgan fingerprint density at radius 2 is 1.88 bits per heavy atom. The Hall–Kier alpha value is -2.64. The zero-order chi connectivity index (χ0) is 18.5. The van der Waals surface area contributed by atoms with E-state index in [1.54, 1.807) is 12.1 Å². The Balaban J connectivity index is 1.94. The number of esters is 1. The molecule has 1 aromatic carbocycles. The first-order valence-electron chi connectivity index (χ1n) is 7.92. The standard InChI is InChI=1S/C19H17NO4S2/c1-3-24-13-8-6-12(7-9-13)14-11-26-18(16(14)19(22)23-2)20-17(21)15-5-4-10-25-15/h4-11H,3H2,1-2H3,(H,20,21). The second-order valence-corrected chi connectivity index (χ2v) is 7.06. The fourth-order valence-electron chi connectivity index (χ4n) is 2.44. The minimum absolute atomic E-state index is 0.245. The van der Waals surface area contributed by atoms with Crippen molar-refractivity contribution in [2.45, 2.75) is 6.92 Å². The molecule has 7 heteroatoms. The van der Waals surface area contributed by atoms with E-state index in [1.807, 2.05) is 41.9 Å². The molecule has 134 valence electrons. The van der Waals surface area contributed by atoms with Crippen LogP contribution in [0.4, 0.5) is 5.00 Å². The van der Waals surface area contributed by atoms with E-state index in [0.29, 0.717) is 27.6 Å². The Bertz CT molecular complexity index is 898. The maximum atomic E-state index is 12.3. The van der Waals surface area contributed by atoms with Crippen LogP contribution in [0.2, 0.25) is 0 Å². The lowest BCUT2D eigenvalue weighted by Crippen LogP contribution is -2.13. The van der Waals surface area contributed by atoms with Gasteiger partial charge in [0.15, 0.2) is 0 Å². The van der Waals surface area contributed by atoms with E-state index in [0.717, 1.165) is 11.3 Å². The van der Waals surface area contributed by atoms with Crippen molar-refractivity contribution in [3.8, 4) is 16.9 Å². The van der Waals surface area contributed by atoms with Gasteiger partial charge in [-0.05, 0) is 36.1 Å². The molecule has 0 spiro atoms. The lowest BCUT2D eigenvalue weighted by atomic mass is 10.0. The van der Waals surface area contributed by atoms with Gasteiger partial charge in [-0.1, -0.05) is 18.2 Å². The topological polar surface area (TPSA) is 64.6 Å². The molecule has 0 aliphatic rings. The molecular formula is C19H17NO4S2. The number of ether oxygens (including phenoxy) is 2. The Kier molecular flexibility index (Phi) is 5.70. The molecule has 1 amide bonds. The number of rotatable bonds is 6. The second-order valence-electron chi connectivity index (χ2n) is 5.23. The van der Waals surface area contributed by atoms with Gasteiger partial charge in [-0.25, -0.2) is 4.79 Å². The molecule has 26 heavy (non-hydrogen) atoms. The summed E-state index contributed by atoms with van der Waals surface area (Å²) in [6.45, 7) is 2.51. The lowest BCUT2D eigenvalue weighted by molar-refractivity contribution is 0.0603. The maximum Gasteiger partial charge on any atom is 0.341 e. The Morgan fingerprint density at radius 3 is 2.50 bits per heavy atom. The number of anilines is 1. The molecule has 0 saturated heterocycles. The van der Waals surface area contributed by atoms with Gasteiger partial charge in [-0.2, -0.15) is 0 Å². The van der Waals surface area contributed by atoms with E-state index in [-0.39, 0.29) is 5.91 Å². The van der Waals surface area contributed by atoms with Crippen LogP contribution in [0.3, 0.4) is 0 Å². The van der Waals surface area contributed by atoms with E-state index in [9.17, 15) is 9.59 Å². The molecule has 0 saturated carbocycles. The summed E-state index contributed by atoms with van der Waals surface area (Å²) in [5.41, 5.74) is 1.92. The highest BCUT2D eigenvalue weighted by Crippen LogP contribution is 2.37. The summed E-state index contributed by atoms with van der Waals surface area (Å²) in [6, 6.07) is 11.0. The molecule has 2 heterocycles. The summed E-state index contributed by atoms with van der Waals surface area (Å²) in [6.07, 6.45) is 0. The number of thiophene rings is 2. The van der Waals surface area contributed by atoms with Crippen molar-refractivity contribution >= 4 is 39.6 Å². The molecule has 0 bridgehead atoms. The third-order valence-corrected chi connectivity index (χ3v) is 5.39. The van der Waals surface area contributed by atoms with Crippen molar-refractivity contribution in [3.05, 3.63) is 57.6 Å². The summed E-state index contributed by atoms with van der Waals surface area (Å²) >= 11 is 2.64. The molecule has 1 N–H and O–H groups in total. The monoisotopic (exact) mass is 387 g/mol. The third kappa shape index (κ3) is 3.79. The van der Waals surface area contributed by atoms with Gasteiger partial charge in [0.05, 0.1) is 18.6 Å². The highest BCUT2D eigenvalue weighted by atomic mass is 32.1. The van der Waals surface area contributed by atoms with Crippen LogP contribution in [-0.4, -0.2) is 25.6 Å². The fraction of sp³-hybridized carbons (Fsp3) is 0.158. The number of hydrogen-bond donors (Lipinski definition) is 1. The molecule has 0 atom stereocenters. The minimum Gasteiger partial charge on any atom is -0.494 e. The summed E-state index contributed by atoms with van der Waals surface area (Å²) in [7, 11) is 1.33. The van der Waals surface area contributed by atoms with Crippen LogP contribution in [0.5, 0.6) is 5.75 Å². The van der Waals surface area contributed by atoms with Crippen LogP contribution < -0.4 is 10.1 Å². The predicted octanol–water partition coefficient (Wildman–Crippen LogP) is 4.91. The van der Waals surface area contributed by atoms with Crippen molar-refractivity contribution < 1.29 is 19.1 Å². The number of carbonyl (C=O) groups excluding carboxylic acids is 2. The summed E-state index contributed by atoms with van der Waals surface area (Å²) in [4.78, 5) is 25.3. The summed E-state index contributed by atoms with van der Waals surface area (Å²) < 4.78 is 10.4. The van der Waals surface area contributed by atoms with E-state index >= 15 is 0 Å². The Morgan fingerprint density at radius 1 is 1.12 bits per heavy atom. The lowest BCUT2D eigenvalue weighted by Gasteiger charge is -2.08. The van der Waals surface area contributed by atoms with Crippen LogP contribution in [-0.2, 0) is 4.74 Å². The summed E-state index contributed by atoms with van der Waals surface area (Å²) in [5, 5.41) is 6.95. The normalized spacial score (nSPS) is 10.4. The molecule has 5 nitrogen and oxygen atoms in total. The van der Waals surface area contributed by atoms with Gasteiger partial charge >= 0.3 is 5.97 Å². The van der Waals surface area contributed by atoms with E-state index in [4.69, 9.17) is 9.47 Å². The van der Waals surface area contributed by atoms with Crippen LogP contribution in [0.15, 0.2) is 47.2 Å². The van der Waals surface area contributed by atoms with Gasteiger partial charge in [0.25, 0.3) is 5.91 Å². The summed E-state index contributed by atoms with van der Waals surface area (Å²) in [5.74, 6) is 0.0270. The van der Waals surface area contributed by atoms with Crippen LogP contribution in [0.25, 0.3) is 11.1 Å². The average Bonchev–Trinajstić information content (AvgIpc) is 3.32. The largest absolute Gasteiger partial charge is 0.494 e. The third-order valence-electron chi connectivity index (χ3n) is 3.63. The van der Waals surface area contributed by atoms with E-state index in [2.05, 4.69) is 5.32 Å². The highest BCUT2D eigenvalue weighted by molar-refractivity contribution is 7.15. The van der Waals surface area contributed by atoms with Crippen molar-refractivity contribution in [2.75, 3.05) is 19.0 Å². The maximum absolute atomic E-state index is 12.3. The molecule has 0 unspecified atom stereocenters. The average molecular weight is 387 g/mol. The Labute approximate surface area is 159 Å². The van der Waals surface area contributed by atoms with Crippen LogP contribution in [0, 0.1) is 0 Å². The first-order valence-corrected chi connectivity index (χ1v) is 9.67. The van der Waals surface area contributed by atoms with Crippen molar-refractivity contribution in [1.29, 1.82) is 0 Å². The van der Waals surface area contributed by atoms with Gasteiger partial charge in [-0.3, -0.25) is 4.79 Å². The second kappa shape index (κ2) is 8.16. The molecule has 0 fully saturated rings. The molecule has 0 radical (unpaired) electrons. The van der Waals surface area contributed by atoms with E-state index < -0.39 is 5.97 Å². The van der Waals surface area contributed by atoms with Gasteiger partial charge in [0, 0.05) is 10.9 Å². The van der Waals surface area contributed by atoms with Gasteiger partial charge < -0.3 is 14.8 Å². The zero-order valence-corrected chi connectivity index (χ0v) is 15.9. The number of amides is 1. The minimum atomic E-state index is -0.489. The van der Waals surface area contributed by atoms with E-state index in [1.165, 1.54) is 29.8 Å². The SMILES string of the molecule is CCOc1ccc(-c2csc(NC(=O)c3cccs3)c2C(=O)OC)cc1. The molecule has 0 aliphatic heterocycles.